The zero-order valence-corrected chi connectivity index (χ0v) is 12.3. The summed E-state index contributed by atoms with van der Waals surface area (Å²) in [4.78, 5) is 7.63. The molecule has 3 rings (SSSR count). The summed E-state index contributed by atoms with van der Waals surface area (Å²) in [6.45, 7) is 10.5. The van der Waals surface area contributed by atoms with Gasteiger partial charge < -0.3 is 9.80 Å². The topological polar surface area (TPSA) is 9.72 Å². The second kappa shape index (κ2) is 5.14. The van der Waals surface area contributed by atoms with E-state index in [0.717, 1.165) is 6.04 Å². The van der Waals surface area contributed by atoms with Crippen molar-refractivity contribution >= 4 is 5.69 Å². The van der Waals surface area contributed by atoms with Gasteiger partial charge in [-0.1, -0.05) is 17.7 Å². The monoisotopic (exact) mass is 259 g/mol. The van der Waals surface area contributed by atoms with Gasteiger partial charge in [-0.25, -0.2) is 0 Å². The second-order valence-electron chi connectivity index (χ2n) is 6.22. The van der Waals surface area contributed by atoms with Crippen LogP contribution in [0.1, 0.15) is 12.5 Å². The van der Waals surface area contributed by atoms with E-state index in [4.69, 9.17) is 0 Å². The molecule has 0 bridgehead atoms. The van der Waals surface area contributed by atoms with Crippen molar-refractivity contribution in [2.24, 2.45) is 0 Å². The van der Waals surface area contributed by atoms with Crippen LogP contribution in [0.15, 0.2) is 24.3 Å². The standard InChI is InChI=1S/C16H25N3/c1-13-4-6-15(7-5-13)19-11-16(12-19)18-9-8-17(3)14(2)10-18/h4-7,14,16H,8-12H2,1-3H3/t14-/m1/s1. The molecule has 2 aliphatic heterocycles. The maximum atomic E-state index is 2.68. The van der Waals surface area contributed by atoms with E-state index in [1.54, 1.807) is 0 Å². The second-order valence-corrected chi connectivity index (χ2v) is 6.22. The molecule has 0 N–H and O–H groups in total. The van der Waals surface area contributed by atoms with Gasteiger partial charge in [0.25, 0.3) is 0 Å². The van der Waals surface area contributed by atoms with Crippen LogP contribution in [0.2, 0.25) is 0 Å². The fraction of sp³-hybridized carbons (Fsp3) is 0.625. The molecular formula is C16H25N3. The van der Waals surface area contributed by atoms with Crippen molar-refractivity contribution in [3.8, 4) is 0 Å². The van der Waals surface area contributed by atoms with E-state index in [2.05, 4.69) is 59.9 Å². The SMILES string of the molecule is Cc1ccc(N2CC(N3CCN(C)[C@H](C)C3)C2)cc1. The highest BCUT2D eigenvalue weighted by atomic mass is 15.4. The van der Waals surface area contributed by atoms with Crippen molar-refractivity contribution in [3.05, 3.63) is 29.8 Å². The Hall–Kier alpha value is -1.06. The summed E-state index contributed by atoms with van der Waals surface area (Å²) in [5, 5.41) is 0. The first-order valence-electron chi connectivity index (χ1n) is 7.39. The molecule has 2 heterocycles. The predicted molar refractivity (Wildman–Crippen MR) is 80.8 cm³/mol. The van der Waals surface area contributed by atoms with Gasteiger partial charge in [0.2, 0.25) is 0 Å². The van der Waals surface area contributed by atoms with Crippen LogP contribution in [-0.2, 0) is 0 Å². The quantitative estimate of drug-likeness (QED) is 0.802. The van der Waals surface area contributed by atoms with Crippen molar-refractivity contribution < 1.29 is 0 Å². The van der Waals surface area contributed by atoms with E-state index in [9.17, 15) is 0 Å². The Bertz CT molecular complexity index is 422. The number of aryl methyl sites for hydroxylation is 1. The van der Waals surface area contributed by atoms with Crippen LogP contribution < -0.4 is 4.90 Å². The number of piperazine rings is 1. The molecule has 1 aromatic rings. The molecule has 2 fully saturated rings. The zero-order chi connectivity index (χ0) is 13.4. The number of hydrogen-bond donors (Lipinski definition) is 0. The van der Waals surface area contributed by atoms with Gasteiger partial charge in [0.15, 0.2) is 0 Å². The summed E-state index contributed by atoms with van der Waals surface area (Å²) < 4.78 is 0. The van der Waals surface area contributed by atoms with E-state index in [1.807, 2.05) is 0 Å². The minimum Gasteiger partial charge on any atom is -0.368 e. The molecule has 3 heteroatoms. The van der Waals surface area contributed by atoms with Crippen LogP contribution in [0.5, 0.6) is 0 Å². The van der Waals surface area contributed by atoms with Crippen LogP contribution >= 0.6 is 0 Å². The Morgan fingerprint density at radius 2 is 1.68 bits per heavy atom. The van der Waals surface area contributed by atoms with Crippen LogP contribution in [-0.4, -0.2) is 61.7 Å². The van der Waals surface area contributed by atoms with Gasteiger partial charge in [0.1, 0.15) is 0 Å². The molecule has 1 aromatic carbocycles. The van der Waals surface area contributed by atoms with Crippen molar-refractivity contribution in [3.63, 3.8) is 0 Å². The van der Waals surface area contributed by atoms with Crippen molar-refractivity contribution in [1.29, 1.82) is 0 Å². The molecule has 2 saturated heterocycles. The fourth-order valence-electron chi connectivity index (χ4n) is 3.06. The molecule has 0 aliphatic carbocycles. The predicted octanol–water partition coefficient (Wildman–Crippen LogP) is 1.82. The van der Waals surface area contributed by atoms with Gasteiger partial charge in [0, 0.05) is 50.5 Å². The molecule has 0 spiro atoms. The third kappa shape index (κ3) is 2.63. The molecule has 0 saturated carbocycles. The Morgan fingerprint density at radius 1 is 1.00 bits per heavy atom. The largest absolute Gasteiger partial charge is 0.368 e. The van der Waals surface area contributed by atoms with Crippen LogP contribution in [0.3, 0.4) is 0 Å². The summed E-state index contributed by atoms with van der Waals surface area (Å²) in [5.74, 6) is 0. The summed E-state index contributed by atoms with van der Waals surface area (Å²) in [5.41, 5.74) is 2.72. The smallest absolute Gasteiger partial charge is 0.0447 e. The highest BCUT2D eigenvalue weighted by Crippen LogP contribution is 2.25. The number of rotatable bonds is 2. The molecule has 0 aromatic heterocycles. The Labute approximate surface area is 116 Å². The van der Waals surface area contributed by atoms with E-state index in [0.29, 0.717) is 6.04 Å². The lowest BCUT2D eigenvalue weighted by Gasteiger charge is -2.50. The fourth-order valence-corrected chi connectivity index (χ4v) is 3.06. The lowest BCUT2D eigenvalue weighted by Crippen LogP contribution is -2.64. The van der Waals surface area contributed by atoms with Gasteiger partial charge in [-0.15, -0.1) is 0 Å². The van der Waals surface area contributed by atoms with Gasteiger partial charge in [-0.2, -0.15) is 0 Å². The van der Waals surface area contributed by atoms with Gasteiger partial charge >= 0.3 is 0 Å². The van der Waals surface area contributed by atoms with E-state index < -0.39 is 0 Å². The maximum absolute atomic E-state index is 2.68. The molecule has 0 amide bonds. The van der Waals surface area contributed by atoms with Crippen LogP contribution in [0.4, 0.5) is 5.69 Å². The average molecular weight is 259 g/mol. The Balaban J connectivity index is 1.54. The Morgan fingerprint density at radius 3 is 2.32 bits per heavy atom. The minimum atomic E-state index is 0.696. The van der Waals surface area contributed by atoms with Crippen molar-refractivity contribution in [1.82, 2.24) is 9.80 Å². The van der Waals surface area contributed by atoms with Crippen molar-refractivity contribution in [2.75, 3.05) is 44.7 Å². The third-order valence-electron chi connectivity index (χ3n) is 4.77. The lowest BCUT2D eigenvalue weighted by molar-refractivity contribution is 0.0612. The third-order valence-corrected chi connectivity index (χ3v) is 4.77. The average Bonchev–Trinajstić information content (AvgIpc) is 2.34. The highest BCUT2D eigenvalue weighted by Gasteiger charge is 2.34. The molecular weight excluding hydrogens is 234 g/mol. The molecule has 1 atom stereocenters. The first-order chi connectivity index (χ1) is 9.13. The van der Waals surface area contributed by atoms with Crippen LogP contribution in [0.25, 0.3) is 0 Å². The van der Waals surface area contributed by atoms with Gasteiger partial charge in [-0.05, 0) is 33.0 Å². The normalized spacial score (nSPS) is 26.5. The number of anilines is 1. The molecule has 0 radical (unpaired) electrons. The van der Waals surface area contributed by atoms with Crippen molar-refractivity contribution in [2.45, 2.75) is 25.9 Å². The molecule has 2 aliphatic rings. The van der Waals surface area contributed by atoms with Gasteiger partial charge in [-0.3, -0.25) is 4.90 Å². The highest BCUT2D eigenvalue weighted by molar-refractivity contribution is 5.50. The molecule has 0 unspecified atom stereocenters. The summed E-state index contributed by atoms with van der Waals surface area (Å²) in [7, 11) is 2.24. The maximum Gasteiger partial charge on any atom is 0.0447 e. The minimum absolute atomic E-state index is 0.696. The summed E-state index contributed by atoms with van der Waals surface area (Å²) in [6, 6.07) is 10.4. The number of nitrogens with zero attached hydrogens (tertiary/aromatic N) is 3. The number of benzene rings is 1. The number of likely N-dealkylation sites (N-methyl/N-ethyl adjacent to an activating group) is 1. The zero-order valence-electron chi connectivity index (χ0n) is 12.3. The summed E-state index contributed by atoms with van der Waals surface area (Å²) in [6.07, 6.45) is 0. The lowest BCUT2D eigenvalue weighted by atomic mass is 10.0. The Kier molecular flexibility index (Phi) is 3.50. The first kappa shape index (κ1) is 12.9. The van der Waals surface area contributed by atoms with E-state index >= 15 is 0 Å². The molecule has 3 nitrogen and oxygen atoms in total. The first-order valence-corrected chi connectivity index (χ1v) is 7.39. The van der Waals surface area contributed by atoms with E-state index in [-0.39, 0.29) is 0 Å². The summed E-state index contributed by atoms with van der Waals surface area (Å²) >= 11 is 0. The van der Waals surface area contributed by atoms with E-state index in [1.165, 1.54) is 44.0 Å². The molecule has 104 valence electrons. The van der Waals surface area contributed by atoms with Crippen LogP contribution in [0, 0.1) is 6.92 Å². The number of hydrogen-bond acceptors (Lipinski definition) is 3. The molecule has 19 heavy (non-hydrogen) atoms. The van der Waals surface area contributed by atoms with Gasteiger partial charge in [0.05, 0.1) is 0 Å².